The van der Waals surface area contributed by atoms with Crippen LogP contribution in [-0.2, 0) is 6.42 Å². The molecule has 0 radical (unpaired) electrons. The number of hydrogen-bond donors (Lipinski definition) is 1. The van der Waals surface area contributed by atoms with Gasteiger partial charge in [0, 0.05) is 4.88 Å². The Bertz CT molecular complexity index is 428. The van der Waals surface area contributed by atoms with Crippen LogP contribution in [0.1, 0.15) is 11.1 Å². The van der Waals surface area contributed by atoms with Gasteiger partial charge in [0.1, 0.15) is 0 Å². The van der Waals surface area contributed by atoms with Gasteiger partial charge in [0.2, 0.25) is 0 Å². The van der Waals surface area contributed by atoms with Gasteiger partial charge >= 0.3 is 0 Å². The fourth-order valence-electron chi connectivity index (χ4n) is 1.54. The van der Waals surface area contributed by atoms with Crippen molar-refractivity contribution in [1.29, 1.82) is 0 Å². The predicted octanol–water partition coefficient (Wildman–Crippen LogP) is 3.22. The van der Waals surface area contributed by atoms with Gasteiger partial charge in [0.05, 0.1) is 0 Å². The van der Waals surface area contributed by atoms with Crippen molar-refractivity contribution in [2.75, 3.05) is 6.54 Å². The lowest BCUT2D eigenvalue weighted by atomic mass is 10.1. The fraction of sp³-hybridized carbons (Fsp3) is 0.231. The molecule has 2 N–H and O–H groups in total. The second-order valence-electron chi connectivity index (χ2n) is 3.72. The van der Waals surface area contributed by atoms with Crippen LogP contribution in [0.25, 0.3) is 10.4 Å². The van der Waals surface area contributed by atoms with Gasteiger partial charge in [-0.15, -0.1) is 11.3 Å². The number of aryl methyl sites for hydroxylation is 1. The van der Waals surface area contributed by atoms with E-state index in [1.165, 1.54) is 21.6 Å². The average Bonchev–Trinajstić information content (AvgIpc) is 2.68. The largest absolute Gasteiger partial charge is 0.330 e. The van der Waals surface area contributed by atoms with E-state index in [0.717, 1.165) is 13.0 Å². The second kappa shape index (κ2) is 4.60. The Morgan fingerprint density at radius 2 is 1.93 bits per heavy atom. The summed E-state index contributed by atoms with van der Waals surface area (Å²) in [6, 6.07) is 10.9. The van der Waals surface area contributed by atoms with Gasteiger partial charge in [-0.2, -0.15) is 0 Å². The Labute approximate surface area is 94.6 Å². The van der Waals surface area contributed by atoms with Crippen LogP contribution in [-0.4, -0.2) is 6.54 Å². The molecule has 1 nitrogen and oxygen atoms in total. The van der Waals surface area contributed by atoms with E-state index in [2.05, 4.69) is 42.6 Å². The summed E-state index contributed by atoms with van der Waals surface area (Å²) in [7, 11) is 0. The molecule has 78 valence electrons. The van der Waals surface area contributed by atoms with Gasteiger partial charge in [-0.1, -0.05) is 29.8 Å². The topological polar surface area (TPSA) is 26.0 Å². The van der Waals surface area contributed by atoms with Crippen LogP contribution < -0.4 is 5.73 Å². The molecule has 0 saturated heterocycles. The van der Waals surface area contributed by atoms with E-state index in [1.807, 2.05) is 0 Å². The fourth-order valence-corrected chi connectivity index (χ4v) is 2.50. The van der Waals surface area contributed by atoms with Gasteiger partial charge in [-0.05, 0) is 42.5 Å². The molecular formula is C13H15NS. The Balaban J connectivity index is 2.25. The molecule has 0 unspecified atom stereocenters. The first-order valence-corrected chi connectivity index (χ1v) is 6.02. The molecular weight excluding hydrogens is 202 g/mol. The zero-order valence-electron chi connectivity index (χ0n) is 8.86. The van der Waals surface area contributed by atoms with Crippen molar-refractivity contribution in [1.82, 2.24) is 0 Å². The van der Waals surface area contributed by atoms with Crippen molar-refractivity contribution in [3.8, 4) is 10.4 Å². The first-order valence-electron chi connectivity index (χ1n) is 5.14. The molecule has 2 aromatic rings. The Kier molecular flexibility index (Phi) is 3.19. The van der Waals surface area contributed by atoms with E-state index in [4.69, 9.17) is 5.73 Å². The Hall–Kier alpha value is -1.12. The molecule has 0 amide bonds. The molecule has 0 fully saturated rings. The van der Waals surface area contributed by atoms with Crippen LogP contribution in [0, 0.1) is 6.92 Å². The van der Waals surface area contributed by atoms with E-state index >= 15 is 0 Å². The van der Waals surface area contributed by atoms with Crippen LogP contribution in [0.4, 0.5) is 0 Å². The highest BCUT2D eigenvalue weighted by atomic mass is 32.1. The number of thiophene rings is 1. The lowest BCUT2D eigenvalue weighted by Crippen LogP contribution is -2.01. The van der Waals surface area contributed by atoms with E-state index in [9.17, 15) is 0 Å². The molecule has 0 bridgehead atoms. The maximum atomic E-state index is 5.53. The van der Waals surface area contributed by atoms with E-state index in [-0.39, 0.29) is 0 Å². The summed E-state index contributed by atoms with van der Waals surface area (Å²) < 4.78 is 0. The van der Waals surface area contributed by atoms with E-state index < -0.39 is 0 Å². The minimum absolute atomic E-state index is 0.726. The first-order chi connectivity index (χ1) is 7.29. The molecule has 0 aliphatic carbocycles. The Morgan fingerprint density at radius 1 is 1.20 bits per heavy atom. The maximum Gasteiger partial charge on any atom is 0.0345 e. The summed E-state index contributed by atoms with van der Waals surface area (Å²) in [6.45, 7) is 2.84. The van der Waals surface area contributed by atoms with Crippen molar-refractivity contribution in [2.45, 2.75) is 13.3 Å². The van der Waals surface area contributed by atoms with Crippen LogP contribution in [0.5, 0.6) is 0 Å². The number of nitrogens with two attached hydrogens (primary N) is 1. The maximum absolute atomic E-state index is 5.53. The summed E-state index contributed by atoms with van der Waals surface area (Å²) >= 11 is 1.79. The predicted molar refractivity (Wildman–Crippen MR) is 67.3 cm³/mol. The van der Waals surface area contributed by atoms with Gasteiger partial charge < -0.3 is 5.73 Å². The highest BCUT2D eigenvalue weighted by Gasteiger charge is 2.01. The number of rotatable bonds is 3. The average molecular weight is 217 g/mol. The number of benzene rings is 1. The van der Waals surface area contributed by atoms with Gasteiger partial charge in [0.25, 0.3) is 0 Å². The van der Waals surface area contributed by atoms with Crippen LogP contribution in [0.2, 0.25) is 0 Å². The van der Waals surface area contributed by atoms with Crippen LogP contribution >= 0.6 is 11.3 Å². The summed E-state index contributed by atoms with van der Waals surface area (Å²) in [6.07, 6.45) is 0.975. The normalized spacial score (nSPS) is 10.5. The van der Waals surface area contributed by atoms with Crippen molar-refractivity contribution < 1.29 is 0 Å². The molecule has 0 aliphatic heterocycles. The second-order valence-corrected chi connectivity index (χ2v) is 4.64. The molecule has 2 rings (SSSR count). The minimum atomic E-state index is 0.726. The molecule has 0 saturated carbocycles. The van der Waals surface area contributed by atoms with Crippen molar-refractivity contribution >= 4 is 11.3 Å². The molecule has 0 spiro atoms. The van der Waals surface area contributed by atoms with Gasteiger partial charge in [-0.25, -0.2) is 0 Å². The third-order valence-electron chi connectivity index (χ3n) is 2.42. The number of hydrogen-bond acceptors (Lipinski definition) is 2. The Morgan fingerprint density at radius 3 is 2.60 bits per heavy atom. The minimum Gasteiger partial charge on any atom is -0.330 e. The van der Waals surface area contributed by atoms with Crippen molar-refractivity contribution in [2.24, 2.45) is 5.73 Å². The third-order valence-corrected chi connectivity index (χ3v) is 3.45. The highest BCUT2D eigenvalue weighted by molar-refractivity contribution is 7.13. The highest BCUT2D eigenvalue weighted by Crippen LogP contribution is 2.27. The van der Waals surface area contributed by atoms with Gasteiger partial charge in [-0.3, -0.25) is 0 Å². The summed E-state index contributed by atoms with van der Waals surface area (Å²) in [5.41, 5.74) is 9.48. The standard InChI is InChI=1S/C13H15NS/c1-10-2-4-12(5-3-10)13-8-11(6-7-14)9-15-13/h2-5,8-9H,6-7,14H2,1H3. The lowest BCUT2D eigenvalue weighted by Gasteiger charge is -1.97. The summed E-state index contributed by atoms with van der Waals surface area (Å²) in [5.74, 6) is 0. The van der Waals surface area contributed by atoms with Crippen LogP contribution in [0.3, 0.4) is 0 Å². The van der Waals surface area contributed by atoms with Crippen LogP contribution in [0.15, 0.2) is 35.7 Å². The molecule has 2 heteroatoms. The molecule has 1 aromatic heterocycles. The zero-order chi connectivity index (χ0) is 10.7. The molecule has 0 atom stereocenters. The van der Waals surface area contributed by atoms with Crippen molar-refractivity contribution in [3.63, 3.8) is 0 Å². The zero-order valence-corrected chi connectivity index (χ0v) is 9.68. The summed E-state index contributed by atoms with van der Waals surface area (Å²) in [5, 5.41) is 2.20. The lowest BCUT2D eigenvalue weighted by molar-refractivity contribution is 0.974. The molecule has 1 aromatic carbocycles. The summed E-state index contributed by atoms with van der Waals surface area (Å²) in [4.78, 5) is 1.33. The SMILES string of the molecule is Cc1ccc(-c2cc(CCN)cs2)cc1. The van der Waals surface area contributed by atoms with E-state index in [0.29, 0.717) is 0 Å². The third kappa shape index (κ3) is 2.46. The monoisotopic (exact) mass is 217 g/mol. The molecule has 0 aliphatic rings. The van der Waals surface area contributed by atoms with E-state index in [1.54, 1.807) is 11.3 Å². The quantitative estimate of drug-likeness (QED) is 0.839. The first kappa shape index (κ1) is 10.4. The molecule has 1 heterocycles. The van der Waals surface area contributed by atoms with Gasteiger partial charge in [0.15, 0.2) is 0 Å². The smallest absolute Gasteiger partial charge is 0.0345 e. The molecule has 15 heavy (non-hydrogen) atoms. The van der Waals surface area contributed by atoms with Crippen molar-refractivity contribution in [3.05, 3.63) is 46.8 Å².